The quantitative estimate of drug-likeness (QED) is 0.303. The molecule has 1 unspecified atom stereocenters. The Kier molecular flexibility index (Phi) is 11.2. The van der Waals surface area contributed by atoms with Gasteiger partial charge in [0, 0.05) is 6.42 Å². The molecule has 0 aliphatic heterocycles. The molecule has 0 fully saturated rings. The van der Waals surface area contributed by atoms with E-state index < -0.39 is 12.1 Å². The third-order valence-corrected chi connectivity index (χ3v) is 4.54. The lowest BCUT2D eigenvalue weighted by Gasteiger charge is -2.09. The number of aliphatic hydroxyl groups is 1. The van der Waals surface area contributed by atoms with E-state index in [-0.39, 0.29) is 0 Å². The van der Waals surface area contributed by atoms with Crippen molar-refractivity contribution < 1.29 is 19.1 Å². The van der Waals surface area contributed by atoms with Crippen LogP contribution < -0.4 is 0 Å². The van der Waals surface area contributed by atoms with Crippen LogP contribution in [0.5, 0.6) is 0 Å². The molecule has 150 valence electrons. The van der Waals surface area contributed by atoms with E-state index in [1.807, 2.05) is 19.3 Å². The molecule has 0 saturated carbocycles. The van der Waals surface area contributed by atoms with Crippen LogP contribution in [-0.4, -0.2) is 24.3 Å². The van der Waals surface area contributed by atoms with Gasteiger partial charge < -0.3 is 14.3 Å². The molecule has 0 saturated heterocycles. The Labute approximate surface area is 163 Å². The molecule has 0 radical (unpaired) electrons. The normalized spacial score (nSPS) is 15.1. The monoisotopic (exact) mass is 374 g/mol. The highest BCUT2D eigenvalue weighted by Crippen LogP contribution is 2.14. The molecule has 0 amide bonds. The topological polar surface area (TPSA) is 59.7 Å². The van der Waals surface area contributed by atoms with Gasteiger partial charge in [0.15, 0.2) is 6.10 Å². The number of aryl methyl sites for hydroxylation is 1. The van der Waals surface area contributed by atoms with Crippen molar-refractivity contribution in [2.75, 3.05) is 7.11 Å². The van der Waals surface area contributed by atoms with E-state index in [0.717, 1.165) is 37.7 Å². The molecule has 1 aromatic heterocycles. The summed E-state index contributed by atoms with van der Waals surface area (Å²) >= 11 is 0. The van der Waals surface area contributed by atoms with Crippen LogP contribution in [-0.2, 0) is 16.0 Å². The van der Waals surface area contributed by atoms with Gasteiger partial charge in [0.1, 0.15) is 0 Å². The van der Waals surface area contributed by atoms with Crippen molar-refractivity contribution in [1.82, 2.24) is 0 Å². The predicted molar refractivity (Wildman–Crippen MR) is 109 cm³/mol. The molecule has 1 heterocycles. The molecule has 1 aromatic rings. The van der Waals surface area contributed by atoms with Crippen molar-refractivity contribution >= 4 is 5.97 Å². The Balaban J connectivity index is 2.24. The Morgan fingerprint density at radius 1 is 1.33 bits per heavy atom. The van der Waals surface area contributed by atoms with Gasteiger partial charge in [0.25, 0.3) is 0 Å². The lowest BCUT2D eigenvalue weighted by molar-refractivity contribution is -0.150. The van der Waals surface area contributed by atoms with Crippen LogP contribution >= 0.6 is 0 Å². The van der Waals surface area contributed by atoms with Crippen molar-refractivity contribution in [2.24, 2.45) is 5.92 Å². The fraction of sp³-hybridized carbons (Fsp3) is 0.522. The molecule has 4 heteroatoms. The summed E-state index contributed by atoms with van der Waals surface area (Å²) in [7, 11) is 1.29. The van der Waals surface area contributed by atoms with Crippen LogP contribution in [0.1, 0.15) is 58.4 Å². The molecule has 0 aliphatic carbocycles. The van der Waals surface area contributed by atoms with E-state index in [0.29, 0.717) is 12.3 Å². The number of hydrogen-bond acceptors (Lipinski definition) is 4. The summed E-state index contributed by atoms with van der Waals surface area (Å²) in [5, 5.41) is 9.64. The van der Waals surface area contributed by atoms with E-state index in [9.17, 15) is 9.90 Å². The zero-order valence-corrected chi connectivity index (χ0v) is 17.1. The second-order valence-corrected chi connectivity index (χ2v) is 7.23. The van der Waals surface area contributed by atoms with Gasteiger partial charge in [0.2, 0.25) is 0 Å². The summed E-state index contributed by atoms with van der Waals surface area (Å²) in [5.41, 5.74) is 3.65. The van der Waals surface area contributed by atoms with Gasteiger partial charge in [-0.15, -0.1) is 0 Å². The van der Waals surface area contributed by atoms with Gasteiger partial charge >= 0.3 is 5.97 Å². The van der Waals surface area contributed by atoms with Crippen molar-refractivity contribution in [3.8, 4) is 0 Å². The number of ether oxygens (including phenoxy) is 1. The van der Waals surface area contributed by atoms with Crippen molar-refractivity contribution in [3.05, 3.63) is 59.6 Å². The highest BCUT2D eigenvalue weighted by atomic mass is 16.5. The van der Waals surface area contributed by atoms with E-state index in [1.165, 1.54) is 18.2 Å². The van der Waals surface area contributed by atoms with E-state index in [4.69, 9.17) is 4.42 Å². The first kappa shape index (κ1) is 23.0. The van der Waals surface area contributed by atoms with E-state index in [1.54, 1.807) is 6.26 Å². The van der Waals surface area contributed by atoms with Crippen LogP contribution in [0.15, 0.2) is 58.5 Å². The summed E-state index contributed by atoms with van der Waals surface area (Å²) in [4.78, 5) is 11.2. The minimum atomic E-state index is -1.06. The van der Waals surface area contributed by atoms with Gasteiger partial charge in [-0.05, 0) is 63.5 Å². The Bertz CT molecular complexity index is 623. The van der Waals surface area contributed by atoms with Crippen molar-refractivity contribution in [2.45, 2.75) is 65.4 Å². The number of furan rings is 1. The Morgan fingerprint density at radius 2 is 2.11 bits per heavy atom. The van der Waals surface area contributed by atoms with Gasteiger partial charge in [-0.25, -0.2) is 4.79 Å². The number of aliphatic hydroxyl groups excluding tert-OH is 1. The Morgan fingerprint density at radius 3 is 2.78 bits per heavy atom. The van der Waals surface area contributed by atoms with Crippen molar-refractivity contribution in [3.63, 3.8) is 0 Å². The lowest BCUT2D eigenvalue weighted by atomic mass is 10.0. The van der Waals surface area contributed by atoms with Gasteiger partial charge in [0.05, 0.1) is 19.6 Å². The van der Waals surface area contributed by atoms with Crippen LogP contribution in [0.2, 0.25) is 0 Å². The predicted octanol–water partition coefficient (Wildman–Crippen LogP) is 5.39. The molecular formula is C23H34O4. The molecule has 0 aliphatic rings. The average Bonchev–Trinajstić information content (AvgIpc) is 3.14. The zero-order valence-electron chi connectivity index (χ0n) is 17.1. The number of hydrogen-bond donors (Lipinski definition) is 1. The van der Waals surface area contributed by atoms with Crippen LogP contribution in [0, 0.1) is 5.92 Å². The number of rotatable bonds is 12. The number of carbonyl (C=O) groups excluding carboxylic acids is 1. The van der Waals surface area contributed by atoms with Crippen LogP contribution in [0.3, 0.4) is 0 Å². The minimum Gasteiger partial charge on any atom is -0.472 e. The van der Waals surface area contributed by atoms with Crippen LogP contribution in [0.25, 0.3) is 0 Å². The van der Waals surface area contributed by atoms with Gasteiger partial charge in [-0.1, -0.05) is 42.4 Å². The number of carbonyl (C=O) groups is 1. The SMILES string of the molecule is COC(=O)C(O)C/C(C)=C\CC[C@H](C)/C=C/C=C(\C)CCCc1ccoc1. The molecule has 1 N–H and O–H groups in total. The summed E-state index contributed by atoms with van der Waals surface area (Å²) in [6.45, 7) is 6.30. The zero-order chi connectivity index (χ0) is 20.1. The Hall–Kier alpha value is -2.07. The molecule has 2 atom stereocenters. The maximum atomic E-state index is 11.2. The molecule has 4 nitrogen and oxygen atoms in total. The van der Waals surface area contributed by atoms with Crippen LogP contribution in [0.4, 0.5) is 0 Å². The fourth-order valence-corrected chi connectivity index (χ4v) is 2.80. The summed E-state index contributed by atoms with van der Waals surface area (Å²) < 4.78 is 9.61. The standard InChI is InChI=1S/C23H34O4/c1-18(10-6-12-20(3)16-22(24)23(25)26-4)8-5-9-19(2)11-7-13-21-14-15-27-17-21/h5,8-9,12,14-15,17-18,22,24H,6-7,10-11,13,16H2,1-4H3/b8-5+,19-9+,20-12-/t18-,22?/m1/s1. The number of allylic oxidation sites excluding steroid dienone is 5. The molecule has 1 rings (SSSR count). The molecule has 27 heavy (non-hydrogen) atoms. The maximum Gasteiger partial charge on any atom is 0.335 e. The summed E-state index contributed by atoms with van der Waals surface area (Å²) in [6, 6.07) is 2.02. The average molecular weight is 375 g/mol. The third kappa shape index (κ3) is 10.6. The van der Waals surface area contributed by atoms with E-state index >= 15 is 0 Å². The molecule has 0 bridgehead atoms. The van der Waals surface area contributed by atoms with Gasteiger partial charge in [-0.2, -0.15) is 0 Å². The number of esters is 1. The molecule has 0 aromatic carbocycles. The maximum absolute atomic E-state index is 11.2. The fourth-order valence-electron chi connectivity index (χ4n) is 2.80. The summed E-state index contributed by atoms with van der Waals surface area (Å²) in [6.07, 6.45) is 16.7. The third-order valence-electron chi connectivity index (χ3n) is 4.54. The second-order valence-electron chi connectivity index (χ2n) is 7.23. The first-order valence-corrected chi connectivity index (χ1v) is 9.69. The summed E-state index contributed by atoms with van der Waals surface area (Å²) in [5.74, 6) is -0.0967. The lowest BCUT2D eigenvalue weighted by Crippen LogP contribution is -2.21. The highest BCUT2D eigenvalue weighted by molar-refractivity contribution is 5.74. The number of methoxy groups -OCH3 is 1. The van der Waals surface area contributed by atoms with E-state index in [2.05, 4.69) is 42.9 Å². The highest BCUT2D eigenvalue weighted by Gasteiger charge is 2.15. The smallest absolute Gasteiger partial charge is 0.335 e. The first-order chi connectivity index (χ1) is 12.9. The first-order valence-electron chi connectivity index (χ1n) is 9.69. The van der Waals surface area contributed by atoms with Gasteiger partial charge in [-0.3, -0.25) is 0 Å². The minimum absolute atomic E-state index is 0.331. The largest absolute Gasteiger partial charge is 0.472 e. The molecular weight excluding hydrogens is 340 g/mol. The van der Waals surface area contributed by atoms with Crippen molar-refractivity contribution in [1.29, 1.82) is 0 Å². The second kappa shape index (κ2) is 13.2. The molecule has 0 spiro atoms.